The number of ether oxygens (including phenoxy) is 2. The van der Waals surface area contributed by atoms with Gasteiger partial charge >= 0.3 is 23.3 Å². The molecule has 9 nitrogen and oxygen atoms in total. The van der Waals surface area contributed by atoms with Crippen molar-refractivity contribution in [3.63, 3.8) is 0 Å². The number of benzene rings is 2. The summed E-state index contributed by atoms with van der Waals surface area (Å²) < 4.78 is 13.8. The van der Waals surface area contributed by atoms with E-state index in [2.05, 4.69) is 5.10 Å². The molecule has 3 aromatic rings. The fourth-order valence-corrected chi connectivity index (χ4v) is 4.09. The van der Waals surface area contributed by atoms with E-state index < -0.39 is 40.2 Å². The standard InChI is InChI=1S/C29H33N3O6/c1-28(2,3)24(33)37-21-15-18-13-14-19(17-11-9-8-10-12-17)23(32-27(36)31(7)26(35)30-32)20(18)16-22(21)38-25(34)29(4,5)6/h8-16,19,23H,1-7H3,(H,30,35)/t19-,23-/m1/s1. The van der Waals surface area contributed by atoms with Gasteiger partial charge in [-0.25, -0.2) is 23.9 Å². The van der Waals surface area contributed by atoms with E-state index in [-0.39, 0.29) is 17.4 Å². The number of aromatic nitrogens is 3. The van der Waals surface area contributed by atoms with Crippen LogP contribution in [0.3, 0.4) is 0 Å². The molecule has 1 aromatic heterocycles. The fraction of sp³-hybridized carbons (Fsp3) is 0.379. The molecule has 1 aliphatic carbocycles. The van der Waals surface area contributed by atoms with Crippen molar-refractivity contribution in [2.45, 2.75) is 53.5 Å². The predicted octanol–water partition coefficient (Wildman–Crippen LogP) is 4.18. The summed E-state index contributed by atoms with van der Waals surface area (Å²) in [5.41, 5.74) is -0.480. The second-order valence-electron chi connectivity index (χ2n) is 11.6. The van der Waals surface area contributed by atoms with E-state index in [1.54, 1.807) is 53.7 Å². The smallest absolute Gasteiger partial charge is 0.347 e. The number of hydrogen-bond acceptors (Lipinski definition) is 6. The minimum Gasteiger partial charge on any atom is -0.422 e. The van der Waals surface area contributed by atoms with Crippen molar-refractivity contribution in [2.75, 3.05) is 0 Å². The highest BCUT2D eigenvalue weighted by Crippen LogP contribution is 2.45. The first-order valence-corrected chi connectivity index (χ1v) is 12.4. The number of carbonyl (C=O) groups excluding carboxylic acids is 2. The van der Waals surface area contributed by atoms with Gasteiger partial charge < -0.3 is 9.47 Å². The lowest BCUT2D eigenvalue weighted by Gasteiger charge is -2.31. The molecule has 0 radical (unpaired) electrons. The Morgan fingerprint density at radius 1 is 0.868 bits per heavy atom. The van der Waals surface area contributed by atoms with Gasteiger partial charge in [0.2, 0.25) is 0 Å². The molecule has 4 rings (SSSR count). The molecule has 0 unspecified atom stereocenters. The molecule has 0 bridgehead atoms. The van der Waals surface area contributed by atoms with E-state index in [1.165, 1.54) is 11.7 Å². The summed E-state index contributed by atoms with van der Waals surface area (Å²) in [5, 5.41) is 2.66. The van der Waals surface area contributed by atoms with Gasteiger partial charge in [-0.2, -0.15) is 0 Å². The molecule has 0 spiro atoms. The van der Waals surface area contributed by atoms with Gasteiger partial charge in [0.05, 0.1) is 16.9 Å². The van der Waals surface area contributed by atoms with Crippen LogP contribution in [-0.2, 0) is 16.6 Å². The van der Waals surface area contributed by atoms with E-state index >= 15 is 0 Å². The van der Waals surface area contributed by atoms with Crippen molar-refractivity contribution < 1.29 is 19.1 Å². The van der Waals surface area contributed by atoms with E-state index in [0.717, 1.165) is 10.1 Å². The number of fused-ring (bicyclic) bond motifs is 1. The molecular formula is C29H33N3O6. The quantitative estimate of drug-likeness (QED) is 0.409. The molecule has 200 valence electrons. The highest BCUT2D eigenvalue weighted by molar-refractivity contribution is 5.82. The molecule has 2 aromatic carbocycles. The topological polar surface area (TPSA) is 112 Å². The zero-order chi connectivity index (χ0) is 28.0. The lowest BCUT2D eigenvalue weighted by molar-refractivity contribution is -0.145. The molecule has 1 N–H and O–H groups in total. The van der Waals surface area contributed by atoms with Crippen LogP contribution in [-0.4, -0.2) is 26.3 Å². The second-order valence-corrected chi connectivity index (χ2v) is 11.6. The second kappa shape index (κ2) is 9.63. The van der Waals surface area contributed by atoms with E-state index in [1.807, 2.05) is 42.5 Å². The van der Waals surface area contributed by atoms with Crippen LogP contribution in [0.5, 0.6) is 11.5 Å². The molecule has 1 heterocycles. The summed E-state index contributed by atoms with van der Waals surface area (Å²) in [6.07, 6.45) is 3.82. The van der Waals surface area contributed by atoms with Crippen molar-refractivity contribution in [2.24, 2.45) is 17.9 Å². The van der Waals surface area contributed by atoms with Crippen molar-refractivity contribution >= 4 is 18.0 Å². The Balaban J connectivity index is 1.95. The summed E-state index contributed by atoms with van der Waals surface area (Å²) in [5.74, 6) is -1.18. The third-order valence-electron chi connectivity index (χ3n) is 6.40. The maximum atomic E-state index is 13.1. The zero-order valence-electron chi connectivity index (χ0n) is 22.7. The number of nitrogens with one attached hydrogen (secondary N) is 1. The van der Waals surface area contributed by atoms with Gasteiger partial charge in [-0.15, -0.1) is 0 Å². The Kier molecular flexibility index (Phi) is 6.82. The fourth-order valence-electron chi connectivity index (χ4n) is 4.09. The molecule has 38 heavy (non-hydrogen) atoms. The summed E-state index contributed by atoms with van der Waals surface area (Å²) in [4.78, 5) is 51.2. The van der Waals surface area contributed by atoms with Crippen molar-refractivity contribution in [1.82, 2.24) is 14.3 Å². The Hall–Kier alpha value is -4.14. The summed E-state index contributed by atoms with van der Waals surface area (Å²) >= 11 is 0. The highest BCUT2D eigenvalue weighted by atomic mass is 16.6. The van der Waals surface area contributed by atoms with Crippen LogP contribution >= 0.6 is 0 Å². The minimum absolute atomic E-state index is 0.0553. The van der Waals surface area contributed by atoms with Gasteiger partial charge in [0.25, 0.3) is 0 Å². The Morgan fingerprint density at radius 3 is 1.92 bits per heavy atom. The number of allylic oxidation sites excluding steroid dienone is 1. The first kappa shape index (κ1) is 26.9. The molecular weight excluding hydrogens is 486 g/mol. The van der Waals surface area contributed by atoms with Gasteiger partial charge in [-0.1, -0.05) is 42.5 Å². The van der Waals surface area contributed by atoms with Crippen molar-refractivity contribution in [3.8, 4) is 11.5 Å². The molecule has 0 fully saturated rings. The number of nitrogens with zero attached hydrogens (tertiary/aromatic N) is 2. The van der Waals surface area contributed by atoms with Gasteiger partial charge in [0.15, 0.2) is 11.5 Å². The molecule has 0 amide bonds. The largest absolute Gasteiger partial charge is 0.422 e. The van der Waals surface area contributed by atoms with Gasteiger partial charge in [-0.05, 0) is 70.4 Å². The van der Waals surface area contributed by atoms with Gasteiger partial charge in [0, 0.05) is 13.0 Å². The number of carbonyl (C=O) groups is 2. The average molecular weight is 520 g/mol. The van der Waals surface area contributed by atoms with Crippen LogP contribution in [0, 0.1) is 10.8 Å². The number of rotatable bonds is 4. The first-order valence-electron chi connectivity index (χ1n) is 12.4. The molecule has 9 heteroatoms. The van der Waals surface area contributed by atoms with Crippen molar-refractivity contribution in [1.29, 1.82) is 0 Å². The van der Waals surface area contributed by atoms with Crippen molar-refractivity contribution in [3.05, 3.63) is 86.2 Å². The van der Waals surface area contributed by atoms with Crippen LogP contribution in [0.25, 0.3) is 6.08 Å². The minimum atomic E-state index is -0.825. The maximum Gasteiger partial charge on any atom is 0.347 e. The lowest BCUT2D eigenvalue weighted by atomic mass is 9.80. The highest BCUT2D eigenvalue weighted by Gasteiger charge is 2.35. The van der Waals surface area contributed by atoms with Gasteiger partial charge in [-0.3, -0.25) is 9.59 Å². The van der Waals surface area contributed by atoms with Crippen LogP contribution in [0.15, 0.2) is 58.1 Å². The SMILES string of the molecule is Cn1c(=O)[nH]n([C@H]2c3cc(OC(=O)C(C)(C)C)c(OC(=O)C(C)(C)C)cc3C=C[C@@H]2c2ccccc2)c1=O. The Morgan fingerprint density at radius 2 is 1.42 bits per heavy atom. The van der Waals surface area contributed by atoms with Crippen LogP contribution in [0.4, 0.5) is 0 Å². The lowest BCUT2D eigenvalue weighted by Crippen LogP contribution is -2.33. The monoisotopic (exact) mass is 519 g/mol. The summed E-state index contributed by atoms with van der Waals surface area (Å²) in [6.45, 7) is 10.4. The number of H-pyrrole nitrogens is 1. The Bertz CT molecular complexity index is 1530. The van der Waals surface area contributed by atoms with E-state index in [0.29, 0.717) is 11.1 Å². The molecule has 1 aliphatic rings. The van der Waals surface area contributed by atoms with Gasteiger partial charge in [0.1, 0.15) is 0 Å². The Labute approximate surface area is 220 Å². The number of hydrogen-bond donors (Lipinski definition) is 1. The van der Waals surface area contributed by atoms with Crippen LogP contribution < -0.4 is 20.9 Å². The predicted molar refractivity (Wildman–Crippen MR) is 143 cm³/mol. The van der Waals surface area contributed by atoms with E-state index in [4.69, 9.17) is 9.47 Å². The average Bonchev–Trinajstić information content (AvgIpc) is 3.10. The third kappa shape index (κ3) is 5.14. The summed E-state index contributed by atoms with van der Waals surface area (Å²) in [7, 11) is 1.40. The molecule has 2 atom stereocenters. The van der Waals surface area contributed by atoms with E-state index in [9.17, 15) is 19.2 Å². The molecule has 0 saturated heterocycles. The zero-order valence-corrected chi connectivity index (χ0v) is 22.7. The van der Waals surface area contributed by atoms with Crippen LogP contribution in [0.1, 0.15) is 70.2 Å². The first-order chi connectivity index (χ1) is 17.7. The summed E-state index contributed by atoms with van der Waals surface area (Å²) in [6, 6.07) is 12.2. The molecule has 0 aliphatic heterocycles. The molecule has 0 saturated carbocycles. The third-order valence-corrected chi connectivity index (χ3v) is 6.40. The van der Waals surface area contributed by atoms with Crippen LogP contribution in [0.2, 0.25) is 0 Å². The number of aromatic amines is 1. The number of esters is 2. The maximum absolute atomic E-state index is 13.1. The normalized spacial score (nSPS) is 17.1.